The first-order valence-electron chi connectivity index (χ1n) is 7.05. The maximum Gasteiger partial charge on any atom is 0.364 e. The molecule has 2 aromatic rings. The van der Waals surface area contributed by atoms with Crippen molar-refractivity contribution in [3.8, 4) is 0 Å². The first-order valence-corrected chi connectivity index (χ1v) is 7.05. The molecule has 2 unspecified atom stereocenters. The van der Waals surface area contributed by atoms with Gasteiger partial charge in [-0.1, -0.05) is 19.8 Å². The third kappa shape index (κ3) is 2.29. The first-order chi connectivity index (χ1) is 9.62. The molecular formula is C13H20N6O. The number of aromatic nitrogens is 4. The third-order valence-electron chi connectivity index (χ3n) is 4.15. The molecule has 1 aliphatic rings. The van der Waals surface area contributed by atoms with Crippen LogP contribution in [0.1, 0.15) is 32.6 Å². The summed E-state index contributed by atoms with van der Waals surface area (Å²) in [7, 11) is 0. The van der Waals surface area contributed by atoms with E-state index in [1.54, 1.807) is 6.07 Å². The molecule has 4 N–H and O–H groups in total. The van der Waals surface area contributed by atoms with Gasteiger partial charge in [0.1, 0.15) is 5.82 Å². The topological polar surface area (TPSA) is 101 Å². The van der Waals surface area contributed by atoms with E-state index in [2.05, 4.69) is 27.5 Å². The lowest BCUT2D eigenvalue weighted by Crippen LogP contribution is -2.49. The number of anilines is 1. The normalized spacial score (nSPS) is 26.8. The lowest BCUT2D eigenvalue weighted by molar-refractivity contribution is 0.263. The van der Waals surface area contributed by atoms with Crippen molar-refractivity contribution in [2.24, 2.45) is 11.7 Å². The number of H-pyrrole nitrogens is 1. The Labute approximate surface area is 116 Å². The predicted molar refractivity (Wildman–Crippen MR) is 76.6 cm³/mol. The van der Waals surface area contributed by atoms with Crippen LogP contribution in [0.5, 0.6) is 0 Å². The van der Waals surface area contributed by atoms with E-state index in [0.29, 0.717) is 23.9 Å². The van der Waals surface area contributed by atoms with Crippen molar-refractivity contribution in [1.29, 1.82) is 0 Å². The molecule has 1 saturated carbocycles. The number of nitrogens with two attached hydrogens (primary N) is 1. The molecule has 7 heteroatoms. The summed E-state index contributed by atoms with van der Waals surface area (Å²) in [6, 6.07) is 3.61. The van der Waals surface area contributed by atoms with Crippen LogP contribution in [0, 0.1) is 5.92 Å². The van der Waals surface area contributed by atoms with Crippen LogP contribution in [-0.2, 0) is 0 Å². The second kappa shape index (κ2) is 4.90. The molecule has 1 fully saturated rings. The molecule has 2 aromatic heterocycles. The molecule has 0 aromatic carbocycles. The Kier molecular flexibility index (Phi) is 3.21. The zero-order valence-electron chi connectivity index (χ0n) is 11.6. The molecule has 20 heavy (non-hydrogen) atoms. The van der Waals surface area contributed by atoms with Crippen LogP contribution < -0.4 is 16.7 Å². The average molecular weight is 276 g/mol. The summed E-state index contributed by atoms with van der Waals surface area (Å²) in [4.78, 5) is 11.6. The molecule has 0 spiro atoms. The number of aromatic amines is 1. The molecule has 0 aliphatic heterocycles. The molecular weight excluding hydrogens is 256 g/mol. The van der Waals surface area contributed by atoms with Gasteiger partial charge >= 0.3 is 5.69 Å². The molecule has 3 rings (SSSR count). The minimum absolute atomic E-state index is 0.119. The fourth-order valence-corrected chi connectivity index (χ4v) is 3.15. The zero-order chi connectivity index (χ0) is 14.2. The van der Waals surface area contributed by atoms with E-state index in [1.165, 1.54) is 17.4 Å². The third-order valence-corrected chi connectivity index (χ3v) is 4.15. The number of fused-ring (bicyclic) bond motifs is 1. The minimum Gasteiger partial charge on any atom is -0.362 e. The fraction of sp³-hybridized carbons (Fsp3) is 0.615. The van der Waals surface area contributed by atoms with Gasteiger partial charge in [0.15, 0.2) is 5.65 Å². The van der Waals surface area contributed by atoms with Crippen molar-refractivity contribution in [2.75, 3.05) is 11.9 Å². The Morgan fingerprint density at radius 1 is 1.60 bits per heavy atom. The highest BCUT2D eigenvalue weighted by Gasteiger charge is 2.34. The van der Waals surface area contributed by atoms with Gasteiger partial charge in [-0.3, -0.25) is 0 Å². The van der Waals surface area contributed by atoms with E-state index in [9.17, 15) is 4.79 Å². The average Bonchev–Trinajstić information content (AvgIpc) is 2.80. The summed E-state index contributed by atoms with van der Waals surface area (Å²) >= 11 is 0. The fourth-order valence-electron chi connectivity index (χ4n) is 3.15. The molecule has 2 heterocycles. The van der Waals surface area contributed by atoms with Crippen LogP contribution in [0.2, 0.25) is 0 Å². The predicted octanol–water partition coefficient (Wildman–Crippen LogP) is 0.737. The van der Waals surface area contributed by atoms with Crippen LogP contribution >= 0.6 is 0 Å². The SMILES string of the molecule is CC1CCCC(CN)(Nc2ccc3n[nH]c(=O)n3n2)C1. The van der Waals surface area contributed by atoms with E-state index in [1.807, 2.05) is 6.07 Å². The highest BCUT2D eigenvalue weighted by atomic mass is 16.2. The van der Waals surface area contributed by atoms with Crippen molar-refractivity contribution in [3.05, 3.63) is 22.6 Å². The smallest absolute Gasteiger partial charge is 0.362 e. The Morgan fingerprint density at radius 2 is 2.45 bits per heavy atom. The summed E-state index contributed by atoms with van der Waals surface area (Å²) in [5.74, 6) is 1.32. The van der Waals surface area contributed by atoms with Gasteiger partial charge in [0.2, 0.25) is 0 Å². The van der Waals surface area contributed by atoms with Crippen molar-refractivity contribution < 1.29 is 0 Å². The number of rotatable bonds is 3. The van der Waals surface area contributed by atoms with Crippen LogP contribution in [0.25, 0.3) is 5.65 Å². The van der Waals surface area contributed by atoms with Gasteiger partial charge < -0.3 is 11.1 Å². The summed E-state index contributed by atoms with van der Waals surface area (Å²) in [6.45, 7) is 2.82. The molecule has 7 nitrogen and oxygen atoms in total. The number of hydrogen-bond acceptors (Lipinski definition) is 5. The van der Waals surface area contributed by atoms with E-state index in [0.717, 1.165) is 12.8 Å². The zero-order valence-corrected chi connectivity index (χ0v) is 11.6. The summed E-state index contributed by atoms with van der Waals surface area (Å²) < 4.78 is 1.26. The van der Waals surface area contributed by atoms with Crippen molar-refractivity contribution >= 4 is 11.5 Å². The number of nitrogens with zero attached hydrogens (tertiary/aromatic N) is 3. The summed E-state index contributed by atoms with van der Waals surface area (Å²) in [6.07, 6.45) is 4.48. The van der Waals surface area contributed by atoms with Gasteiger partial charge in [0.05, 0.1) is 5.54 Å². The number of hydrogen-bond donors (Lipinski definition) is 3. The van der Waals surface area contributed by atoms with E-state index >= 15 is 0 Å². The quantitative estimate of drug-likeness (QED) is 0.767. The van der Waals surface area contributed by atoms with E-state index < -0.39 is 0 Å². The lowest BCUT2D eigenvalue weighted by Gasteiger charge is -2.40. The standard InChI is InChI=1S/C13H20N6O/c1-9-3-2-6-13(7-9,8-14)15-10-4-5-11-16-17-12(20)19(11)18-10/h4-5,9H,2-3,6-8,14H2,1H3,(H,15,18)(H,17,20). The maximum atomic E-state index is 11.6. The second-order valence-corrected chi connectivity index (χ2v) is 5.83. The Hall–Kier alpha value is -1.89. The van der Waals surface area contributed by atoms with Gasteiger partial charge in [-0.15, -0.1) is 5.10 Å². The van der Waals surface area contributed by atoms with Crippen LogP contribution in [0.4, 0.5) is 5.82 Å². The number of nitrogens with one attached hydrogen (secondary N) is 2. The first kappa shape index (κ1) is 13.1. The molecule has 1 aliphatic carbocycles. The van der Waals surface area contributed by atoms with Gasteiger partial charge in [-0.2, -0.15) is 9.61 Å². The summed E-state index contributed by atoms with van der Waals surface area (Å²) in [5, 5.41) is 14.0. The maximum absolute atomic E-state index is 11.6. The van der Waals surface area contributed by atoms with Crippen LogP contribution in [0.3, 0.4) is 0 Å². The molecule has 0 radical (unpaired) electrons. The molecule has 0 amide bonds. The largest absolute Gasteiger partial charge is 0.364 e. The molecule has 0 bridgehead atoms. The van der Waals surface area contributed by atoms with Gasteiger partial charge in [0, 0.05) is 6.54 Å². The van der Waals surface area contributed by atoms with Crippen molar-refractivity contribution in [3.63, 3.8) is 0 Å². The van der Waals surface area contributed by atoms with Crippen molar-refractivity contribution in [2.45, 2.75) is 38.1 Å². The van der Waals surface area contributed by atoms with Crippen molar-refractivity contribution in [1.82, 2.24) is 19.8 Å². The molecule has 108 valence electrons. The Balaban J connectivity index is 1.90. The lowest BCUT2D eigenvalue weighted by atomic mass is 9.76. The van der Waals surface area contributed by atoms with Gasteiger partial charge in [-0.05, 0) is 30.9 Å². The van der Waals surface area contributed by atoms with Gasteiger partial charge in [0.25, 0.3) is 0 Å². The van der Waals surface area contributed by atoms with Crippen LogP contribution in [-0.4, -0.2) is 31.9 Å². The molecule has 2 atom stereocenters. The Morgan fingerprint density at radius 3 is 3.20 bits per heavy atom. The van der Waals surface area contributed by atoms with E-state index in [-0.39, 0.29) is 11.2 Å². The molecule has 0 saturated heterocycles. The second-order valence-electron chi connectivity index (χ2n) is 5.83. The summed E-state index contributed by atoms with van der Waals surface area (Å²) in [5.41, 5.74) is 6.06. The highest BCUT2D eigenvalue weighted by Crippen LogP contribution is 2.33. The highest BCUT2D eigenvalue weighted by molar-refractivity contribution is 5.44. The van der Waals surface area contributed by atoms with Crippen LogP contribution in [0.15, 0.2) is 16.9 Å². The van der Waals surface area contributed by atoms with E-state index in [4.69, 9.17) is 5.73 Å². The minimum atomic E-state index is -0.331. The monoisotopic (exact) mass is 276 g/mol. The Bertz CT molecular complexity index is 662. The van der Waals surface area contributed by atoms with Gasteiger partial charge in [-0.25, -0.2) is 9.89 Å².